The standard InChI is InChI=1S/C27H31N3O3/c1-17-8-11-23(12-9-17)16-30-21(5)24(20(4)29-30)13-14-26(31)33-22(6)27(32)28-25-15-18(2)7-10-19(25)3/h7-15,22H,16H2,1-6H3,(H,28,32)/b14-13+. The molecule has 6 heteroatoms. The molecule has 6 nitrogen and oxygen atoms in total. The number of rotatable bonds is 7. The third-order valence-corrected chi connectivity index (χ3v) is 5.59. The average molecular weight is 446 g/mol. The molecular weight excluding hydrogens is 414 g/mol. The van der Waals surface area contributed by atoms with Crippen LogP contribution in [0.25, 0.3) is 6.08 Å². The quantitative estimate of drug-likeness (QED) is 0.408. The lowest BCUT2D eigenvalue weighted by atomic mass is 10.1. The van der Waals surface area contributed by atoms with Gasteiger partial charge < -0.3 is 10.1 Å². The van der Waals surface area contributed by atoms with Gasteiger partial charge in [-0.1, -0.05) is 42.0 Å². The third-order valence-electron chi connectivity index (χ3n) is 5.59. The number of esters is 1. The molecule has 1 heterocycles. The first kappa shape index (κ1) is 24.0. The van der Waals surface area contributed by atoms with E-state index in [1.54, 1.807) is 13.0 Å². The molecule has 33 heavy (non-hydrogen) atoms. The minimum Gasteiger partial charge on any atom is -0.449 e. The van der Waals surface area contributed by atoms with Crippen LogP contribution in [0.2, 0.25) is 0 Å². The van der Waals surface area contributed by atoms with E-state index in [-0.39, 0.29) is 5.91 Å². The summed E-state index contributed by atoms with van der Waals surface area (Å²) in [4.78, 5) is 24.8. The largest absolute Gasteiger partial charge is 0.449 e. The number of aromatic nitrogens is 2. The highest BCUT2D eigenvalue weighted by Gasteiger charge is 2.18. The van der Waals surface area contributed by atoms with Crippen molar-refractivity contribution in [2.45, 2.75) is 54.2 Å². The molecule has 1 N–H and O–H groups in total. The Morgan fingerprint density at radius 3 is 2.39 bits per heavy atom. The highest BCUT2D eigenvalue weighted by Crippen LogP contribution is 2.18. The molecule has 1 amide bonds. The SMILES string of the molecule is Cc1ccc(Cn2nc(C)c(/C=C/C(=O)OC(C)C(=O)Nc3cc(C)ccc3C)c2C)cc1. The summed E-state index contributed by atoms with van der Waals surface area (Å²) >= 11 is 0. The second kappa shape index (κ2) is 10.3. The zero-order valence-corrected chi connectivity index (χ0v) is 20.1. The minimum atomic E-state index is -0.923. The molecule has 1 unspecified atom stereocenters. The molecule has 0 bridgehead atoms. The zero-order chi connectivity index (χ0) is 24.1. The number of anilines is 1. The molecule has 1 aromatic heterocycles. The molecule has 0 saturated heterocycles. The van der Waals surface area contributed by atoms with Gasteiger partial charge in [0, 0.05) is 23.0 Å². The van der Waals surface area contributed by atoms with Crippen LogP contribution in [0.5, 0.6) is 0 Å². The number of carbonyl (C=O) groups excluding carboxylic acids is 2. The number of ether oxygens (including phenoxy) is 1. The van der Waals surface area contributed by atoms with Crippen LogP contribution in [-0.2, 0) is 20.9 Å². The van der Waals surface area contributed by atoms with Gasteiger partial charge in [-0.3, -0.25) is 9.48 Å². The van der Waals surface area contributed by atoms with Gasteiger partial charge in [-0.25, -0.2) is 4.79 Å². The molecule has 0 aliphatic carbocycles. The summed E-state index contributed by atoms with van der Waals surface area (Å²) in [6, 6.07) is 14.1. The van der Waals surface area contributed by atoms with Gasteiger partial charge in [-0.2, -0.15) is 5.10 Å². The van der Waals surface area contributed by atoms with E-state index in [9.17, 15) is 9.59 Å². The van der Waals surface area contributed by atoms with E-state index in [2.05, 4.69) is 41.6 Å². The van der Waals surface area contributed by atoms with Crippen molar-refractivity contribution in [1.82, 2.24) is 9.78 Å². The van der Waals surface area contributed by atoms with Crippen LogP contribution >= 0.6 is 0 Å². The highest BCUT2D eigenvalue weighted by molar-refractivity contribution is 5.97. The van der Waals surface area contributed by atoms with Crippen molar-refractivity contribution in [2.75, 3.05) is 5.32 Å². The van der Waals surface area contributed by atoms with Crippen LogP contribution < -0.4 is 5.32 Å². The minimum absolute atomic E-state index is 0.372. The Morgan fingerprint density at radius 1 is 1.03 bits per heavy atom. The summed E-state index contributed by atoms with van der Waals surface area (Å²) in [5, 5.41) is 7.43. The lowest BCUT2D eigenvalue weighted by Gasteiger charge is -2.14. The van der Waals surface area contributed by atoms with Crippen molar-refractivity contribution in [2.24, 2.45) is 0 Å². The summed E-state index contributed by atoms with van der Waals surface area (Å²) in [6.07, 6.45) is 2.11. The Hall–Kier alpha value is -3.67. The highest BCUT2D eigenvalue weighted by atomic mass is 16.5. The summed E-state index contributed by atoms with van der Waals surface area (Å²) in [7, 11) is 0. The molecular formula is C27H31N3O3. The Balaban J connectivity index is 1.62. The molecule has 0 aliphatic rings. The second-order valence-electron chi connectivity index (χ2n) is 8.45. The van der Waals surface area contributed by atoms with Crippen molar-refractivity contribution < 1.29 is 14.3 Å². The maximum atomic E-state index is 12.5. The van der Waals surface area contributed by atoms with Crippen LogP contribution in [0.15, 0.2) is 48.5 Å². The number of nitrogens with one attached hydrogen (secondary N) is 1. The van der Waals surface area contributed by atoms with E-state index in [0.717, 1.165) is 33.6 Å². The fourth-order valence-electron chi connectivity index (χ4n) is 3.50. The fraction of sp³-hybridized carbons (Fsp3) is 0.296. The first-order valence-corrected chi connectivity index (χ1v) is 11.0. The predicted octanol–water partition coefficient (Wildman–Crippen LogP) is 5.06. The van der Waals surface area contributed by atoms with E-state index in [0.29, 0.717) is 12.2 Å². The molecule has 3 aromatic rings. The molecule has 3 rings (SSSR count). The van der Waals surface area contributed by atoms with Crippen LogP contribution in [0.3, 0.4) is 0 Å². The average Bonchev–Trinajstić information content (AvgIpc) is 3.03. The first-order valence-electron chi connectivity index (χ1n) is 11.0. The summed E-state index contributed by atoms with van der Waals surface area (Å²) in [6.45, 7) is 12.0. The van der Waals surface area contributed by atoms with Crippen molar-refractivity contribution in [3.63, 3.8) is 0 Å². The van der Waals surface area contributed by atoms with Crippen LogP contribution in [0, 0.1) is 34.6 Å². The van der Waals surface area contributed by atoms with Crippen molar-refractivity contribution in [1.29, 1.82) is 0 Å². The molecule has 0 radical (unpaired) electrons. The van der Waals surface area contributed by atoms with Gasteiger partial charge in [0.05, 0.1) is 12.2 Å². The summed E-state index contributed by atoms with van der Waals surface area (Å²) in [5.41, 5.74) is 7.72. The predicted molar refractivity (Wildman–Crippen MR) is 131 cm³/mol. The Bertz CT molecular complexity index is 1190. The number of hydrogen-bond donors (Lipinski definition) is 1. The van der Waals surface area contributed by atoms with Crippen molar-refractivity contribution in [3.8, 4) is 0 Å². The van der Waals surface area contributed by atoms with E-state index in [4.69, 9.17) is 4.74 Å². The number of hydrogen-bond acceptors (Lipinski definition) is 4. The molecule has 0 aliphatic heterocycles. The van der Waals surface area contributed by atoms with Gasteiger partial charge >= 0.3 is 5.97 Å². The van der Waals surface area contributed by atoms with Gasteiger partial charge in [0.15, 0.2) is 6.10 Å². The number of amides is 1. The number of benzene rings is 2. The van der Waals surface area contributed by atoms with Gasteiger partial charge in [-0.15, -0.1) is 0 Å². The van der Waals surface area contributed by atoms with Crippen LogP contribution in [-0.4, -0.2) is 27.8 Å². The smallest absolute Gasteiger partial charge is 0.331 e. The monoisotopic (exact) mass is 445 g/mol. The van der Waals surface area contributed by atoms with Crippen LogP contribution in [0.1, 0.15) is 46.1 Å². The maximum absolute atomic E-state index is 12.5. The van der Waals surface area contributed by atoms with E-state index in [1.165, 1.54) is 11.6 Å². The van der Waals surface area contributed by atoms with E-state index < -0.39 is 12.1 Å². The Morgan fingerprint density at radius 2 is 1.70 bits per heavy atom. The molecule has 0 fully saturated rings. The number of nitrogens with zero attached hydrogens (tertiary/aromatic N) is 2. The lowest BCUT2D eigenvalue weighted by Crippen LogP contribution is -2.29. The summed E-state index contributed by atoms with van der Waals surface area (Å²) in [5.74, 6) is -0.951. The molecule has 172 valence electrons. The third kappa shape index (κ3) is 6.19. The van der Waals surface area contributed by atoms with Crippen LogP contribution in [0.4, 0.5) is 5.69 Å². The van der Waals surface area contributed by atoms with Crippen molar-refractivity contribution >= 4 is 23.6 Å². The topological polar surface area (TPSA) is 73.2 Å². The molecule has 2 aromatic carbocycles. The summed E-state index contributed by atoms with van der Waals surface area (Å²) < 4.78 is 7.23. The second-order valence-corrected chi connectivity index (χ2v) is 8.45. The van der Waals surface area contributed by atoms with E-state index >= 15 is 0 Å². The number of carbonyl (C=O) groups is 2. The van der Waals surface area contributed by atoms with Gasteiger partial charge in [0.1, 0.15) is 0 Å². The molecule has 0 spiro atoms. The zero-order valence-electron chi connectivity index (χ0n) is 20.1. The first-order chi connectivity index (χ1) is 15.6. The van der Waals surface area contributed by atoms with E-state index in [1.807, 2.05) is 50.6 Å². The lowest BCUT2D eigenvalue weighted by molar-refractivity contribution is -0.148. The molecule has 1 atom stereocenters. The van der Waals surface area contributed by atoms with Gasteiger partial charge in [-0.05, 0) is 70.4 Å². The number of aryl methyl sites for hydroxylation is 4. The Labute approximate surface area is 195 Å². The van der Waals surface area contributed by atoms with Crippen molar-refractivity contribution in [3.05, 3.63) is 87.7 Å². The van der Waals surface area contributed by atoms with Gasteiger partial charge in [0.2, 0.25) is 0 Å². The normalized spacial score (nSPS) is 12.1. The fourth-order valence-corrected chi connectivity index (χ4v) is 3.50. The maximum Gasteiger partial charge on any atom is 0.331 e. The van der Waals surface area contributed by atoms with Gasteiger partial charge in [0.25, 0.3) is 5.91 Å². The Kier molecular flexibility index (Phi) is 7.48. The molecule has 0 saturated carbocycles.